The molecular weight excluding hydrogens is 242 g/mol. The van der Waals surface area contributed by atoms with Crippen LogP contribution in [0, 0.1) is 20.8 Å². The molecule has 0 amide bonds. The number of aromatic nitrogens is 1. The van der Waals surface area contributed by atoms with Crippen molar-refractivity contribution in [3.05, 3.63) is 52.3 Å². The molecule has 2 aromatic rings. The highest BCUT2D eigenvalue weighted by Crippen LogP contribution is 2.25. The largest absolute Gasteiger partial charge is 0.478 e. The first kappa shape index (κ1) is 13.1. The van der Waals surface area contributed by atoms with Crippen LogP contribution < -0.4 is 0 Å². The van der Waals surface area contributed by atoms with Crippen molar-refractivity contribution in [2.45, 2.75) is 20.8 Å². The molecule has 19 heavy (non-hydrogen) atoms. The van der Waals surface area contributed by atoms with Crippen molar-refractivity contribution in [3.63, 3.8) is 0 Å². The van der Waals surface area contributed by atoms with Crippen LogP contribution in [0.4, 0.5) is 0 Å². The Morgan fingerprint density at radius 1 is 1.11 bits per heavy atom. The average molecular weight is 257 g/mol. The van der Waals surface area contributed by atoms with E-state index in [1.807, 2.05) is 31.2 Å². The van der Waals surface area contributed by atoms with E-state index < -0.39 is 5.97 Å². The Morgan fingerprint density at radius 3 is 2.11 bits per heavy atom. The second-order valence-electron chi connectivity index (χ2n) is 4.55. The van der Waals surface area contributed by atoms with E-state index in [4.69, 9.17) is 0 Å². The minimum Gasteiger partial charge on any atom is -0.478 e. The summed E-state index contributed by atoms with van der Waals surface area (Å²) in [7, 11) is 0. The van der Waals surface area contributed by atoms with Crippen LogP contribution in [0.15, 0.2) is 24.3 Å². The Bertz CT molecular complexity index is 651. The number of benzene rings is 1. The number of hydrogen-bond acceptors (Lipinski definition) is 2. The SMILES string of the molecule is Cc1ccc(-n2c(C)c(C=O)c(C(=O)O)c2C)cc1. The van der Waals surface area contributed by atoms with Gasteiger partial charge in [0.15, 0.2) is 6.29 Å². The first-order chi connectivity index (χ1) is 8.97. The highest BCUT2D eigenvalue weighted by molar-refractivity contribution is 5.99. The van der Waals surface area contributed by atoms with Crippen molar-refractivity contribution in [2.24, 2.45) is 0 Å². The summed E-state index contributed by atoms with van der Waals surface area (Å²) >= 11 is 0. The van der Waals surface area contributed by atoms with E-state index in [9.17, 15) is 14.7 Å². The Morgan fingerprint density at radius 2 is 1.68 bits per heavy atom. The minimum absolute atomic E-state index is 0.0769. The quantitative estimate of drug-likeness (QED) is 0.860. The van der Waals surface area contributed by atoms with E-state index in [1.54, 1.807) is 18.4 Å². The van der Waals surface area contributed by atoms with Gasteiger partial charge < -0.3 is 9.67 Å². The molecule has 0 aliphatic carbocycles. The lowest BCUT2D eigenvalue weighted by atomic mass is 10.1. The molecule has 98 valence electrons. The predicted molar refractivity (Wildman–Crippen MR) is 72.3 cm³/mol. The fourth-order valence-corrected chi connectivity index (χ4v) is 2.35. The summed E-state index contributed by atoms with van der Waals surface area (Å²) in [5.41, 5.74) is 3.51. The Hall–Kier alpha value is -2.36. The van der Waals surface area contributed by atoms with Crippen LogP contribution in [-0.4, -0.2) is 21.9 Å². The molecule has 0 spiro atoms. The molecule has 1 N–H and O–H groups in total. The molecule has 4 nitrogen and oxygen atoms in total. The van der Waals surface area contributed by atoms with Gasteiger partial charge in [-0.15, -0.1) is 0 Å². The third-order valence-electron chi connectivity index (χ3n) is 3.32. The number of nitrogens with zero attached hydrogens (tertiary/aromatic N) is 1. The van der Waals surface area contributed by atoms with Gasteiger partial charge in [-0.3, -0.25) is 4.79 Å². The highest BCUT2D eigenvalue weighted by atomic mass is 16.4. The first-order valence-corrected chi connectivity index (χ1v) is 5.94. The highest BCUT2D eigenvalue weighted by Gasteiger charge is 2.22. The van der Waals surface area contributed by atoms with E-state index in [-0.39, 0.29) is 11.1 Å². The molecule has 1 aromatic heterocycles. The molecule has 2 rings (SSSR count). The number of hydrogen-bond donors (Lipinski definition) is 1. The summed E-state index contributed by atoms with van der Waals surface area (Å²) in [6, 6.07) is 7.73. The lowest BCUT2D eigenvalue weighted by Crippen LogP contribution is -2.02. The van der Waals surface area contributed by atoms with Gasteiger partial charge in [-0.2, -0.15) is 0 Å². The molecule has 0 saturated carbocycles. The summed E-state index contributed by atoms with van der Waals surface area (Å²) < 4.78 is 1.80. The van der Waals surface area contributed by atoms with Crippen LogP contribution in [-0.2, 0) is 0 Å². The van der Waals surface area contributed by atoms with Gasteiger partial charge in [0.1, 0.15) is 0 Å². The molecule has 0 aliphatic rings. The number of aldehydes is 1. The molecule has 0 unspecified atom stereocenters. The molecule has 0 bridgehead atoms. The van der Waals surface area contributed by atoms with Gasteiger partial charge in [0, 0.05) is 17.1 Å². The van der Waals surface area contributed by atoms with Gasteiger partial charge in [0.2, 0.25) is 0 Å². The third-order valence-corrected chi connectivity index (χ3v) is 3.32. The van der Waals surface area contributed by atoms with Crippen LogP contribution >= 0.6 is 0 Å². The van der Waals surface area contributed by atoms with Crippen molar-refractivity contribution < 1.29 is 14.7 Å². The third kappa shape index (κ3) is 2.05. The summed E-state index contributed by atoms with van der Waals surface area (Å²) in [6.45, 7) is 5.45. The number of aryl methyl sites for hydroxylation is 1. The fraction of sp³-hybridized carbons (Fsp3) is 0.200. The normalized spacial score (nSPS) is 10.5. The second kappa shape index (κ2) is 4.72. The summed E-state index contributed by atoms with van der Waals surface area (Å²) in [5.74, 6) is -1.08. The van der Waals surface area contributed by atoms with Gasteiger partial charge in [-0.25, -0.2) is 4.79 Å². The number of carbonyl (C=O) groups excluding carboxylic acids is 1. The smallest absolute Gasteiger partial charge is 0.338 e. The molecule has 0 aliphatic heterocycles. The molecule has 0 saturated heterocycles. The number of carboxylic acids is 1. The maximum Gasteiger partial charge on any atom is 0.338 e. The molecular formula is C15H15NO3. The predicted octanol–water partition coefficient (Wildman–Crippen LogP) is 2.91. The summed E-state index contributed by atoms with van der Waals surface area (Å²) in [5, 5.41) is 9.23. The zero-order chi connectivity index (χ0) is 14.2. The lowest BCUT2D eigenvalue weighted by Gasteiger charge is -2.09. The van der Waals surface area contributed by atoms with E-state index >= 15 is 0 Å². The topological polar surface area (TPSA) is 59.3 Å². The molecule has 1 heterocycles. The number of carbonyl (C=O) groups is 2. The van der Waals surface area contributed by atoms with E-state index in [0.29, 0.717) is 17.7 Å². The fourth-order valence-electron chi connectivity index (χ4n) is 2.35. The summed E-state index contributed by atoms with van der Waals surface area (Å²) in [6.07, 6.45) is 0.608. The Kier molecular flexibility index (Phi) is 3.25. The summed E-state index contributed by atoms with van der Waals surface area (Å²) in [4.78, 5) is 22.4. The molecule has 4 heteroatoms. The minimum atomic E-state index is -1.08. The number of aromatic carboxylic acids is 1. The molecule has 0 fully saturated rings. The van der Waals surface area contributed by atoms with Gasteiger partial charge in [-0.1, -0.05) is 17.7 Å². The van der Waals surface area contributed by atoms with Gasteiger partial charge >= 0.3 is 5.97 Å². The van der Waals surface area contributed by atoms with Crippen molar-refractivity contribution >= 4 is 12.3 Å². The van der Waals surface area contributed by atoms with Crippen molar-refractivity contribution in [2.75, 3.05) is 0 Å². The van der Waals surface area contributed by atoms with E-state index in [2.05, 4.69) is 0 Å². The number of carboxylic acid groups (broad SMARTS) is 1. The average Bonchev–Trinajstić information content (AvgIpc) is 2.62. The van der Waals surface area contributed by atoms with Crippen LogP contribution in [0.1, 0.15) is 37.7 Å². The molecule has 0 atom stereocenters. The van der Waals surface area contributed by atoms with Crippen molar-refractivity contribution in [1.82, 2.24) is 4.57 Å². The maximum atomic E-state index is 11.3. The molecule has 0 radical (unpaired) electrons. The van der Waals surface area contributed by atoms with Gasteiger partial charge in [0.05, 0.1) is 11.1 Å². The molecule has 1 aromatic carbocycles. The number of rotatable bonds is 3. The Balaban J connectivity index is 2.74. The van der Waals surface area contributed by atoms with Crippen molar-refractivity contribution in [1.29, 1.82) is 0 Å². The zero-order valence-electron chi connectivity index (χ0n) is 11.1. The van der Waals surface area contributed by atoms with Gasteiger partial charge in [0.25, 0.3) is 0 Å². The van der Waals surface area contributed by atoms with E-state index in [1.165, 1.54) is 0 Å². The van der Waals surface area contributed by atoms with Crippen LogP contribution in [0.3, 0.4) is 0 Å². The van der Waals surface area contributed by atoms with Crippen LogP contribution in [0.2, 0.25) is 0 Å². The van der Waals surface area contributed by atoms with E-state index in [0.717, 1.165) is 11.3 Å². The standard InChI is InChI=1S/C15H15NO3/c1-9-4-6-12(7-5-9)16-10(2)13(8-17)14(11(16)3)15(18)19/h4-8H,1-3H3,(H,18,19). The van der Waals surface area contributed by atoms with Crippen LogP contribution in [0.25, 0.3) is 5.69 Å². The lowest BCUT2D eigenvalue weighted by molar-refractivity contribution is 0.0693. The maximum absolute atomic E-state index is 11.3. The van der Waals surface area contributed by atoms with Crippen LogP contribution in [0.5, 0.6) is 0 Å². The second-order valence-corrected chi connectivity index (χ2v) is 4.55. The zero-order valence-corrected chi connectivity index (χ0v) is 11.1. The Labute approximate surface area is 111 Å². The monoisotopic (exact) mass is 257 g/mol. The first-order valence-electron chi connectivity index (χ1n) is 5.94. The van der Waals surface area contributed by atoms with Gasteiger partial charge in [-0.05, 0) is 32.9 Å². The van der Waals surface area contributed by atoms with Crippen molar-refractivity contribution in [3.8, 4) is 5.69 Å².